The minimum atomic E-state index is -0.0486. The molecule has 1 aromatic heterocycles. The van der Waals surface area contributed by atoms with Gasteiger partial charge in [0.05, 0.1) is 5.56 Å². The van der Waals surface area contributed by atoms with Crippen molar-refractivity contribution < 1.29 is 14.3 Å². The molecule has 1 rings (SSSR count). The summed E-state index contributed by atoms with van der Waals surface area (Å²) in [6.45, 7) is 3.24. The lowest BCUT2D eigenvalue weighted by Crippen LogP contribution is -1.77. The van der Waals surface area contributed by atoms with Crippen molar-refractivity contribution in [2.75, 3.05) is 0 Å². The zero-order valence-corrected chi connectivity index (χ0v) is 5.84. The van der Waals surface area contributed by atoms with Crippen LogP contribution in [0.5, 0.6) is 5.75 Å². The van der Waals surface area contributed by atoms with Gasteiger partial charge < -0.3 is 9.52 Å². The van der Waals surface area contributed by atoms with E-state index in [1.54, 1.807) is 13.8 Å². The van der Waals surface area contributed by atoms with Gasteiger partial charge in [-0.3, -0.25) is 4.79 Å². The Kier molecular flexibility index (Phi) is 1.49. The molecule has 0 spiro atoms. The van der Waals surface area contributed by atoms with Gasteiger partial charge >= 0.3 is 0 Å². The number of aromatic hydroxyl groups is 1. The van der Waals surface area contributed by atoms with Crippen molar-refractivity contribution in [1.82, 2.24) is 0 Å². The molecule has 3 nitrogen and oxygen atoms in total. The summed E-state index contributed by atoms with van der Waals surface area (Å²) in [5, 5.41) is 9.09. The Morgan fingerprint density at radius 2 is 2.00 bits per heavy atom. The van der Waals surface area contributed by atoms with E-state index in [1.165, 1.54) is 0 Å². The number of rotatable bonds is 1. The van der Waals surface area contributed by atoms with Crippen molar-refractivity contribution in [3.63, 3.8) is 0 Å². The van der Waals surface area contributed by atoms with Crippen molar-refractivity contribution in [2.24, 2.45) is 0 Å². The van der Waals surface area contributed by atoms with E-state index in [4.69, 9.17) is 9.52 Å². The second-order valence-electron chi connectivity index (χ2n) is 2.09. The molecule has 0 saturated heterocycles. The number of furan rings is 1. The third kappa shape index (κ3) is 0.795. The lowest BCUT2D eigenvalue weighted by Gasteiger charge is -1.83. The van der Waals surface area contributed by atoms with Gasteiger partial charge in [-0.2, -0.15) is 0 Å². The van der Waals surface area contributed by atoms with Crippen LogP contribution in [0.15, 0.2) is 4.42 Å². The monoisotopic (exact) mass is 140 g/mol. The van der Waals surface area contributed by atoms with E-state index in [2.05, 4.69) is 0 Å². The van der Waals surface area contributed by atoms with Gasteiger partial charge in [0.1, 0.15) is 11.5 Å². The highest BCUT2D eigenvalue weighted by Gasteiger charge is 2.11. The number of hydrogen-bond acceptors (Lipinski definition) is 3. The fraction of sp³-hybridized carbons (Fsp3) is 0.286. The molecule has 10 heavy (non-hydrogen) atoms. The molecule has 0 bridgehead atoms. The smallest absolute Gasteiger partial charge is 0.167 e. The fourth-order valence-electron chi connectivity index (χ4n) is 0.828. The summed E-state index contributed by atoms with van der Waals surface area (Å²) >= 11 is 0. The number of aryl methyl sites for hydroxylation is 2. The van der Waals surface area contributed by atoms with Crippen LogP contribution in [-0.4, -0.2) is 11.4 Å². The van der Waals surface area contributed by atoms with Crippen LogP contribution in [0.4, 0.5) is 0 Å². The molecule has 0 aliphatic heterocycles. The van der Waals surface area contributed by atoms with Crippen molar-refractivity contribution in [1.29, 1.82) is 0 Å². The van der Waals surface area contributed by atoms with Crippen molar-refractivity contribution in [3.05, 3.63) is 17.1 Å². The first-order chi connectivity index (χ1) is 4.66. The molecule has 0 amide bonds. The van der Waals surface area contributed by atoms with E-state index in [1.807, 2.05) is 0 Å². The molecule has 3 heteroatoms. The molecule has 0 aliphatic carbocycles. The van der Waals surface area contributed by atoms with Crippen LogP contribution in [0.2, 0.25) is 0 Å². The van der Waals surface area contributed by atoms with Gasteiger partial charge in [0, 0.05) is 0 Å². The van der Waals surface area contributed by atoms with Crippen molar-refractivity contribution in [2.45, 2.75) is 13.8 Å². The minimum absolute atomic E-state index is 0.0486. The second kappa shape index (κ2) is 2.17. The van der Waals surface area contributed by atoms with E-state index in [-0.39, 0.29) is 11.3 Å². The van der Waals surface area contributed by atoms with Gasteiger partial charge in [-0.25, -0.2) is 0 Å². The molecule has 0 saturated carbocycles. The average molecular weight is 140 g/mol. The molecule has 0 fully saturated rings. The fourth-order valence-corrected chi connectivity index (χ4v) is 0.828. The number of carbonyl (C=O) groups is 1. The normalized spacial score (nSPS) is 9.80. The van der Waals surface area contributed by atoms with Gasteiger partial charge in [-0.15, -0.1) is 0 Å². The van der Waals surface area contributed by atoms with Crippen LogP contribution >= 0.6 is 0 Å². The Balaban J connectivity index is 3.33. The summed E-state index contributed by atoms with van der Waals surface area (Å²) in [5.74, 6) is 0.803. The molecule has 1 N–H and O–H groups in total. The predicted octanol–water partition coefficient (Wildman–Crippen LogP) is 1.41. The first-order valence-corrected chi connectivity index (χ1v) is 2.91. The van der Waals surface area contributed by atoms with E-state index < -0.39 is 0 Å². The predicted molar refractivity (Wildman–Crippen MR) is 35.2 cm³/mol. The topological polar surface area (TPSA) is 50.4 Å². The van der Waals surface area contributed by atoms with Crippen LogP contribution in [0.1, 0.15) is 21.9 Å². The third-order valence-electron chi connectivity index (χ3n) is 1.39. The Morgan fingerprint density at radius 1 is 1.40 bits per heavy atom. The highest BCUT2D eigenvalue weighted by molar-refractivity contribution is 5.80. The van der Waals surface area contributed by atoms with E-state index in [0.29, 0.717) is 17.8 Å². The Morgan fingerprint density at radius 3 is 2.20 bits per heavy atom. The lowest BCUT2D eigenvalue weighted by molar-refractivity contribution is 0.112. The SMILES string of the molecule is Cc1oc(C)c(C=O)c1O. The standard InChI is InChI=1S/C7H8O3/c1-4-6(3-8)7(9)5(2)10-4/h3,9H,1-2H3. The van der Waals surface area contributed by atoms with Gasteiger partial charge in [0.2, 0.25) is 0 Å². The zero-order chi connectivity index (χ0) is 7.72. The highest BCUT2D eigenvalue weighted by atomic mass is 16.4. The molecular formula is C7H8O3. The van der Waals surface area contributed by atoms with Gasteiger partial charge in [-0.05, 0) is 13.8 Å². The molecule has 0 atom stereocenters. The van der Waals surface area contributed by atoms with Crippen LogP contribution in [-0.2, 0) is 0 Å². The molecule has 1 aromatic rings. The summed E-state index contributed by atoms with van der Waals surface area (Å²) in [7, 11) is 0. The zero-order valence-electron chi connectivity index (χ0n) is 5.84. The van der Waals surface area contributed by atoms with E-state index in [0.717, 1.165) is 0 Å². The summed E-state index contributed by atoms with van der Waals surface area (Å²) in [6.07, 6.45) is 0.584. The third-order valence-corrected chi connectivity index (χ3v) is 1.39. The summed E-state index contributed by atoms with van der Waals surface area (Å²) in [4.78, 5) is 10.2. The maximum Gasteiger partial charge on any atom is 0.167 e. The average Bonchev–Trinajstić information content (AvgIpc) is 2.09. The maximum absolute atomic E-state index is 10.2. The molecule has 0 radical (unpaired) electrons. The number of aldehydes is 1. The van der Waals surface area contributed by atoms with E-state index >= 15 is 0 Å². The first kappa shape index (κ1) is 6.86. The molecule has 0 unspecified atom stereocenters. The molecule has 54 valence electrons. The van der Waals surface area contributed by atoms with Crippen LogP contribution in [0.3, 0.4) is 0 Å². The quantitative estimate of drug-likeness (QED) is 0.600. The Labute approximate surface area is 58.3 Å². The van der Waals surface area contributed by atoms with Crippen molar-refractivity contribution in [3.8, 4) is 5.75 Å². The molecule has 0 aromatic carbocycles. The Bertz CT molecular complexity index is 260. The number of carbonyl (C=O) groups excluding carboxylic acids is 1. The lowest BCUT2D eigenvalue weighted by atomic mass is 10.2. The van der Waals surface area contributed by atoms with Crippen LogP contribution in [0, 0.1) is 13.8 Å². The molecule has 0 aliphatic rings. The van der Waals surface area contributed by atoms with Gasteiger partial charge in [0.25, 0.3) is 0 Å². The van der Waals surface area contributed by atoms with Gasteiger partial charge in [-0.1, -0.05) is 0 Å². The summed E-state index contributed by atoms with van der Waals surface area (Å²) in [5.41, 5.74) is 0.248. The Hall–Kier alpha value is -1.25. The molecule has 1 heterocycles. The van der Waals surface area contributed by atoms with E-state index in [9.17, 15) is 4.79 Å². The molecular weight excluding hydrogens is 132 g/mol. The maximum atomic E-state index is 10.2. The van der Waals surface area contributed by atoms with Crippen LogP contribution < -0.4 is 0 Å². The number of hydrogen-bond donors (Lipinski definition) is 1. The summed E-state index contributed by atoms with van der Waals surface area (Å²) in [6, 6.07) is 0. The van der Waals surface area contributed by atoms with Crippen molar-refractivity contribution >= 4 is 6.29 Å². The largest absolute Gasteiger partial charge is 0.504 e. The first-order valence-electron chi connectivity index (χ1n) is 2.91. The minimum Gasteiger partial charge on any atom is -0.504 e. The van der Waals surface area contributed by atoms with Crippen LogP contribution in [0.25, 0.3) is 0 Å². The summed E-state index contributed by atoms with van der Waals surface area (Å²) < 4.78 is 4.95. The highest BCUT2D eigenvalue weighted by Crippen LogP contribution is 2.25. The van der Waals surface area contributed by atoms with Gasteiger partial charge in [0.15, 0.2) is 12.0 Å². The second-order valence-corrected chi connectivity index (χ2v) is 2.09.